The van der Waals surface area contributed by atoms with E-state index in [2.05, 4.69) is 23.2 Å². The number of hydrogen-bond acceptors (Lipinski definition) is 2. The van der Waals surface area contributed by atoms with E-state index in [1.54, 1.807) is 0 Å². The second-order valence-electron chi connectivity index (χ2n) is 1.69. The Hall–Kier alpha value is -1.25. The van der Waals surface area contributed by atoms with Crippen molar-refractivity contribution in [3.63, 3.8) is 0 Å². The second-order valence-corrected chi connectivity index (χ2v) is 1.69. The summed E-state index contributed by atoms with van der Waals surface area (Å²) in [6.45, 7) is 6.81. The summed E-state index contributed by atoms with van der Waals surface area (Å²) >= 11 is 0. The number of ether oxygens (including phenoxy) is 1. The maximum atomic E-state index is 10.7. The molecule has 0 aliphatic heterocycles. The Morgan fingerprint density at radius 3 is 2.80 bits per heavy atom. The van der Waals surface area contributed by atoms with Crippen LogP contribution in [0.4, 0.5) is 0 Å². The number of nitrogens with one attached hydrogen (secondary N) is 1. The Labute approximate surface area is 60.4 Å². The molecule has 0 bridgehead atoms. The van der Waals surface area contributed by atoms with Gasteiger partial charge in [0, 0.05) is 0 Å². The van der Waals surface area contributed by atoms with E-state index in [0.717, 1.165) is 0 Å². The molecule has 0 aromatic heterocycles. The van der Waals surface area contributed by atoms with Crippen LogP contribution in [0.15, 0.2) is 25.1 Å². The Morgan fingerprint density at radius 2 is 2.40 bits per heavy atom. The van der Waals surface area contributed by atoms with Crippen molar-refractivity contribution >= 4 is 5.91 Å². The third-order valence-corrected chi connectivity index (χ3v) is 0.909. The molecule has 0 heterocycles. The lowest BCUT2D eigenvalue weighted by Crippen LogP contribution is -2.16. The summed E-state index contributed by atoms with van der Waals surface area (Å²) in [6.07, 6.45) is 1.51. The molecule has 56 valence electrons. The molecule has 0 saturated heterocycles. The summed E-state index contributed by atoms with van der Waals surface area (Å²) in [7, 11) is 1.48. The van der Waals surface area contributed by atoms with E-state index in [1.807, 2.05) is 0 Å². The van der Waals surface area contributed by atoms with Gasteiger partial charge in [-0.1, -0.05) is 13.2 Å². The summed E-state index contributed by atoms with van der Waals surface area (Å²) in [4.78, 5) is 10.7. The van der Waals surface area contributed by atoms with Crippen LogP contribution in [0.5, 0.6) is 0 Å². The Balaban J connectivity index is 3.57. The molecular formula is C7H11NO2. The van der Waals surface area contributed by atoms with Crippen molar-refractivity contribution in [1.82, 2.24) is 5.32 Å². The van der Waals surface area contributed by atoms with E-state index in [0.29, 0.717) is 5.76 Å². The molecule has 0 radical (unpaired) electrons. The monoisotopic (exact) mass is 141 g/mol. The number of rotatable bonds is 4. The average molecular weight is 141 g/mol. The molecule has 0 saturated carbocycles. The van der Waals surface area contributed by atoms with Crippen LogP contribution in [0.2, 0.25) is 0 Å². The summed E-state index contributed by atoms with van der Waals surface area (Å²) in [5, 5.41) is 2.39. The molecule has 0 fully saturated rings. The van der Waals surface area contributed by atoms with Gasteiger partial charge >= 0.3 is 0 Å². The largest absolute Gasteiger partial charge is 0.501 e. The van der Waals surface area contributed by atoms with Gasteiger partial charge in [-0.25, -0.2) is 0 Å². The zero-order valence-corrected chi connectivity index (χ0v) is 6.02. The lowest BCUT2D eigenvalue weighted by molar-refractivity contribution is -0.120. The quantitative estimate of drug-likeness (QED) is 0.588. The van der Waals surface area contributed by atoms with Crippen molar-refractivity contribution in [3.05, 3.63) is 25.1 Å². The lowest BCUT2D eigenvalue weighted by Gasteiger charge is -2.01. The highest BCUT2D eigenvalue weighted by molar-refractivity contribution is 5.78. The molecule has 1 N–H and O–H groups in total. The topological polar surface area (TPSA) is 38.3 Å². The molecule has 0 aromatic rings. The minimum absolute atomic E-state index is 0.165. The van der Waals surface area contributed by atoms with Gasteiger partial charge in [-0.05, 0) is 6.20 Å². The molecule has 0 atom stereocenters. The highest BCUT2D eigenvalue weighted by Gasteiger charge is 2.00. The summed E-state index contributed by atoms with van der Waals surface area (Å²) in [5.74, 6) is 0.279. The molecular weight excluding hydrogens is 130 g/mol. The van der Waals surface area contributed by atoms with Crippen molar-refractivity contribution in [2.75, 3.05) is 7.11 Å². The maximum absolute atomic E-state index is 10.7. The van der Waals surface area contributed by atoms with Gasteiger partial charge in [-0.3, -0.25) is 4.79 Å². The van der Waals surface area contributed by atoms with Crippen LogP contribution >= 0.6 is 0 Å². The fourth-order valence-electron chi connectivity index (χ4n) is 0.416. The first-order chi connectivity index (χ1) is 4.70. The number of hydrogen-bond donors (Lipinski definition) is 1. The predicted molar refractivity (Wildman–Crippen MR) is 39.1 cm³/mol. The normalized spacial score (nSPS) is 8.10. The molecule has 3 nitrogen and oxygen atoms in total. The standard InChI is InChI=1S/C7H11NO2/c1-4-8-7(9)5-6(2)10-3/h4H,1-2,5H2,3H3,(H,8,9). The molecule has 0 spiro atoms. The van der Waals surface area contributed by atoms with Gasteiger partial charge in [0.15, 0.2) is 0 Å². The van der Waals surface area contributed by atoms with E-state index >= 15 is 0 Å². The number of carbonyl (C=O) groups excluding carboxylic acids is 1. The van der Waals surface area contributed by atoms with E-state index in [4.69, 9.17) is 0 Å². The van der Waals surface area contributed by atoms with Crippen LogP contribution in [-0.4, -0.2) is 13.0 Å². The lowest BCUT2D eigenvalue weighted by atomic mass is 10.3. The van der Waals surface area contributed by atoms with Crippen molar-refractivity contribution in [2.45, 2.75) is 6.42 Å². The molecule has 0 rings (SSSR count). The van der Waals surface area contributed by atoms with E-state index in [-0.39, 0.29) is 12.3 Å². The summed E-state index contributed by atoms with van der Waals surface area (Å²) in [6, 6.07) is 0. The molecule has 1 amide bonds. The third kappa shape index (κ3) is 3.72. The van der Waals surface area contributed by atoms with Crippen LogP contribution in [0.3, 0.4) is 0 Å². The van der Waals surface area contributed by atoms with Gasteiger partial charge in [0.05, 0.1) is 19.3 Å². The molecule has 3 heteroatoms. The van der Waals surface area contributed by atoms with Gasteiger partial charge in [0.1, 0.15) is 0 Å². The third-order valence-electron chi connectivity index (χ3n) is 0.909. The predicted octanol–water partition coefficient (Wildman–Crippen LogP) is 0.796. The summed E-state index contributed by atoms with van der Waals surface area (Å²) in [5.41, 5.74) is 0. The fourth-order valence-corrected chi connectivity index (χ4v) is 0.416. The van der Waals surface area contributed by atoms with E-state index < -0.39 is 0 Å². The first kappa shape index (κ1) is 8.75. The van der Waals surface area contributed by atoms with Crippen molar-refractivity contribution < 1.29 is 9.53 Å². The first-order valence-electron chi connectivity index (χ1n) is 2.82. The highest BCUT2D eigenvalue weighted by atomic mass is 16.5. The molecule has 0 unspecified atom stereocenters. The minimum atomic E-state index is -0.165. The molecule has 0 aliphatic rings. The minimum Gasteiger partial charge on any atom is -0.501 e. The number of amides is 1. The zero-order valence-electron chi connectivity index (χ0n) is 6.02. The first-order valence-corrected chi connectivity index (χ1v) is 2.82. The Kier molecular flexibility index (Phi) is 4.04. The van der Waals surface area contributed by atoms with E-state index in [1.165, 1.54) is 13.3 Å². The Bertz CT molecular complexity index is 152. The SMILES string of the molecule is C=CNC(=O)CC(=C)OC. The van der Waals surface area contributed by atoms with Crippen molar-refractivity contribution in [3.8, 4) is 0 Å². The number of methoxy groups -OCH3 is 1. The molecule has 0 aromatic carbocycles. The van der Waals surface area contributed by atoms with Crippen LogP contribution in [0.25, 0.3) is 0 Å². The van der Waals surface area contributed by atoms with Crippen LogP contribution in [0, 0.1) is 0 Å². The van der Waals surface area contributed by atoms with Gasteiger partial charge in [0.2, 0.25) is 5.91 Å². The second kappa shape index (κ2) is 4.61. The van der Waals surface area contributed by atoms with E-state index in [9.17, 15) is 4.79 Å². The molecule has 10 heavy (non-hydrogen) atoms. The summed E-state index contributed by atoms with van der Waals surface area (Å²) < 4.78 is 4.68. The highest BCUT2D eigenvalue weighted by Crippen LogP contribution is 1.96. The maximum Gasteiger partial charge on any atom is 0.231 e. The van der Waals surface area contributed by atoms with Crippen molar-refractivity contribution in [2.24, 2.45) is 0 Å². The van der Waals surface area contributed by atoms with Gasteiger partial charge in [-0.2, -0.15) is 0 Å². The van der Waals surface area contributed by atoms with Crippen LogP contribution < -0.4 is 5.32 Å². The average Bonchev–Trinajstić information content (AvgIpc) is 1.88. The molecule has 0 aliphatic carbocycles. The van der Waals surface area contributed by atoms with Gasteiger partial charge in [0.25, 0.3) is 0 Å². The fraction of sp³-hybridized carbons (Fsp3) is 0.286. The van der Waals surface area contributed by atoms with Gasteiger partial charge in [-0.15, -0.1) is 0 Å². The number of carbonyl (C=O) groups is 1. The smallest absolute Gasteiger partial charge is 0.231 e. The van der Waals surface area contributed by atoms with Crippen LogP contribution in [-0.2, 0) is 9.53 Å². The van der Waals surface area contributed by atoms with Gasteiger partial charge < -0.3 is 10.1 Å². The Morgan fingerprint density at radius 1 is 1.80 bits per heavy atom. The van der Waals surface area contributed by atoms with Crippen LogP contribution in [0.1, 0.15) is 6.42 Å². The zero-order chi connectivity index (χ0) is 7.98. The van der Waals surface area contributed by atoms with Crippen molar-refractivity contribution in [1.29, 1.82) is 0 Å².